The number of nitrogens with zero attached hydrogens (tertiary/aromatic N) is 2. The van der Waals surface area contributed by atoms with Crippen LogP contribution >= 0.6 is 11.6 Å². The van der Waals surface area contributed by atoms with E-state index in [2.05, 4.69) is 24.1 Å². The molecule has 1 N–H and O–H groups in total. The lowest BCUT2D eigenvalue weighted by Gasteiger charge is -2.38. The van der Waals surface area contributed by atoms with Crippen LogP contribution in [0.5, 0.6) is 5.75 Å². The van der Waals surface area contributed by atoms with Gasteiger partial charge in [-0.15, -0.1) is 0 Å². The van der Waals surface area contributed by atoms with Gasteiger partial charge in [-0.25, -0.2) is 0 Å². The number of carbonyl (C=O) groups excluding carboxylic acids is 2. The number of ether oxygens (including phenoxy) is 1. The van der Waals surface area contributed by atoms with E-state index in [1.54, 1.807) is 36.9 Å². The highest BCUT2D eigenvalue weighted by Gasteiger charge is 2.40. The second-order valence-electron chi connectivity index (χ2n) is 7.16. The van der Waals surface area contributed by atoms with E-state index in [1.165, 1.54) is 0 Å². The summed E-state index contributed by atoms with van der Waals surface area (Å²) in [5.41, 5.74) is -0.359. The van der Waals surface area contributed by atoms with Crippen LogP contribution in [0.4, 0.5) is 5.69 Å². The summed E-state index contributed by atoms with van der Waals surface area (Å²) in [6.07, 6.45) is 1.15. The Bertz CT molecular complexity index is 674. The highest BCUT2D eigenvalue weighted by Crippen LogP contribution is 2.39. The molecule has 0 radical (unpaired) electrons. The van der Waals surface area contributed by atoms with Crippen molar-refractivity contribution in [1.29, 1.82) is 0 Å². The average molecular weight is 396 g/mol. The Kier molecular flexibility index (Phi) is 7.50. The van der Waals surface area contributed by atoms with Gasteiger partial charge in [-0.05, 0) is 58.1 Å². The molecule has 0 unspecified atom stereocenters. The number of hydrogen-bond acceptors (Lipinski definition) is 4. The molecule has 27 heavy (non-hydrogen) atoms. The third-order valence-corrected chi connectivity index (χ3v) is 5.00. The first-order chi connectivity index (χ1) is 12.8. The predicted octanol–water partition coefficient (Wildman–Crippen LogP) is 3.08. The number of carbonyl (C=O) groups is 2. The SMILES string of the molecule is CCN(CC)CCCNC(=O)CCN1C(=O)C(C)(C)Oc2ccc(Cl)cc21. The zero-order valence-electron chi connectivity index (χ0n) is 16.7. The highest BCUT2D eigenvalue weighted by molar-refractivity contribution is 6.31. The Morgan fingerprint density at radius 3 is 2.67 bits per heavy atom. The molecule has 0 spiro atoms. The zero-order chi connectivity index (χ0) is 20.0. The lowest BCUT2D eigenvalue weighted by molar-refractivity contribution is -0.132. The van der Waals surface area contributed by atoms with Gasteiger partial charge in [0.2, 0.25) is 5.91 Å². The van der Waals surface area contributed by atoms with Gasteiger partial charge in [0.05, 0.1) is 5.69 Å². The van der Waals surface area contributed by atoms with Gasteiger partial charge >= 0.3 is 0 Å². The minimum atomic E-state index is -0.971. The van der Waals surface area contributed by atoms with Crippen molar-refractivity contribution in [3.05, 3.63) is 23.2 Å². The molecule has 0 saturated carbocycles. The topological polar surface area (TPSA) is 61.9 Å². The molecule has 150 valence electrons. The second-order valence-corrected chi connectivity index (χ2v) is 7.60. The fraction of sp³-hybridized carbons (Fsp3) is 0.600. The summed E-state index contributed by atoms with van der Waals surface area (Å²) in [7, 11) is 0. The van der Waals surface area contributed by atoms with E-state index in [4.69, 9.17) is 16.3 Å². The monoisotopic (exact) mass is 395 g/mol. The Morgan fingerprint density at radius 1 is 1.30 bits per heavy atom. The molecule has 7 heteroatoms. The van der Waals surface area contributed by atoms with Crippen molar-refractivity contribution < 1.29 is 14.3 Å². The van der Waals surface area contributed by atoms with Crippen LogP contribution in [0.1, 0.15) is 40.5 Å². The minimum Gasteiger partial charge on any atom is -0.476 e. The van der Waals surface area contributed by atoms with Crippen LogP contribution in [0.3, 0.4) is 0 Å². The first-order valence-corrected chi connectivity index (χ1v) is 9.95. The first-order valence-electron chi connectivity index (χ1n) is 9.58. The van der Waals surface area contributed by atoms with Crippen molar-refractivity contribution in [3.63, 3.8) is 0 Å². The lowest BCUT2D eigenvalue weighted by atomic mass is 10.0. The molecule has 1 aliphatic rings. The van der Waals surface area contributed by atoms with Crippen molar-refractivity contribution in [3.8, 4) is 5.75 Å². The van der Waals surface area contributed by atoms with Crippen LogP contribution in [-0.2, 0) is 9.59 Å². The molecular weight excluding hydrogens is 366 g/mol. The number of anilines is 1. The quantitative estimate of drug-likeness (QED) is 0.653. The number of rotatable bonds is 9. The van der Waals surface area contributed by atoms with Crippen LogP contribution in [-0.4, -0.2) is 55.0 Å². The van der Waals surface area contributed by atoms with Gasteiger partial charge in [-0.2, -0.15) is 0 Å². The van der Waals surface area contributed by atoms with Gasteiger partial charge in [0.15, 0.2) is 5.60 Å². The number of benzene rings is 1. The molecule has 0 aromatic heterocycles. The summed E-state index contributed by atoms with van der Waals surface area (Å²) < 4.78 is 5.79. The van der Waals surface area contributed by atoms with E-state index in [0.29, 0.717) is 29.5 Å². The molecule has 0 saturated heterocycles. The minimum absolute atomic E-state index is 0.0600. The summed E-state index contributed by atoms with van der Waals surface area (Å²) in [6, 6.07) is 5.19. The molecule has 0 fully saturated rings. The van der Waals surface area contributed by atoms with Crippen LogP contribution in [0.2, 0.25) is 5.02 Å². The molecular formula is C20H30ClN3O3. The van der Waals surface area contributed by atoms with E-state index >= 15 is 0 Å². The number of fused-ring (bicyclic) bond motifs is 1. The molecule has 1 aromatic rings. The maximum absolute atomic E-state index is 12.8. The van der Waals surface area contributed by atoms with Gasteiger partial charge in [0.25, 0.3) is 5.91 Å². The molecule has 1 aliphatic heterocycles. The molecule has 2 rings (SSSR count). The molecule has 0 atom stereocenters. The Morgan fingerprint density at radius 2 is 2.00 bits per heavy atom. The zero-order valence-corrected chi connectivity index (χ0v) is 17.4. The number of nitrogens with one attached hydrogen (secondary N) is 1. The van der Waals surface area contributed by atoms with Gasteiger partial charge in [0, 0.05) is 24.5 Å². The largest absolute Gasteiger partial charge is 0.476 e. The van der Waals surface area contributed by atoms with Gasteiger partial charge in [-0.3, -0.25) is 9.59 Å². The number of hydrogen-bond donors (Lipinski definition) is 1. The summed E-state index contributed by atoms with van der Waals surface area (Å²) in [6.45, 7) is 11.7. The smallest absolute Gasteiger partial charge is 0.270 e. The normalized spacial score (nSPS) is 15.5. The van der Waals surface area contributed by atoms with Gasteiger partial charge in [-0.1, -0.05) is 25.4 Å². The maximum Gasteiger partial charge on any atom is 0.270 e. The van der Waals surface area contributed by atoms with E-state index in [0.717, 1.165) is 26.1 Å². The van der Waals surface area contributed by atoms with Crippen LogP contribution in [0, 0.1) is 0 Å². The molecule has 6 nitrogen and oxygen atoms in total. The summed E-state index contributed by atoms with van der Waals surface area (Å²) in [5, 5.41) is 3.46. The Labute approximate surface area is 166 Å². The predicted molar refractivity (Wildman–Crippen MR) is 109 cm³/mol. The van der Waals surface area contributed by atoms with E-state index in [-0.39, 0.29) is 18.2 Å². The van der Waals surface area contributed by atoms with E-state index < -0.39 is 5.60 Å². The van der Waals surface area contributed by atoms with E-state index in [1.807, 2.05) is 0 Å². The van der Waals surface area contributed by atoms with Crippen LogP contribution < -0.4 is 15.0 Å². The number of amides is 2. The second kappa shape index (κ2) is 9.42. The van der Waals surface area contributed by atoms with Crippen LogP contribution in [0.25, 0.3) is 0 Å². The Balaban J connectivity index is 1.91. The van der Waals surface area contributed by atoms with Crippen molar-refractivity contribution in [2.45, 2.75) is 46.1 Å². The maximum atomic E-state index is 12.8. The Hall–Kier alpha value is -1.79. The standard InChI is InChI=1S/C20H30ClN3O3/c1-5-23(6-2)12-7-11-22-18(25)10-13-24-16-14-15(21)8-9-17(16)27-20(3,4)19(24)26/h8-9,14H,5-7,10-13H2,1-4H3,(H,22,25). The summed E-state index contributed by atoms with van der Waals surface area (Å²) in [5.74, 6) is 0.366. The van der Waals surface area contributed by atoms with Crippen molar-refractivity contribution in [2.75, 3.05) is 37.6 Å². The molecule has 0 aliphatic carbocycles. The number of halogens is 1. The van der Waals surface area contributed by atoms with Gasteiger partial charge in [0.1, 0.15) is 5.75 Å². The summed E-state index contributed by atoms with van der Waals surface area (Å²) in [4.78, 5) is 28.9. The summed E-state index contributed by atoms with van der Waals surface area (Å²) >= 11 is 6.08. The third kappa shape index (κ3) is 5.59. The average Bonchev–Trinajstić information content (AvgIpc) is 2.63. The fourth-order valence-corrected chi connectivity index (χ4v) is 3.30. The third-order valence-electron chi connectivity index (χ3n) is 4.77. The molecule has 2 amide bonds. The van der Waals surface area contributed by atoms with Gasteiger partial charge < -0.3 is 19.9 Å². The van der Waals surface area contributed by atoms with E-state index in [9.17, 15) is 9.59 Å². The van der Waals surface area contributed by atoms with Crippen molar-refractivity contribution >= 4 is 29.1 Å². The van der Waals surface area contributed by atoms with Crippen molar-refractivity contribution in [2.24, 2.45) is 0 Å². The fourth-order valence-electron chi connectivity index (χ4n) is 3.13. The first kappa shape index (κ1) is 21.5. The molecule has 1 aromatic carbocycles. The highest BCUT2D eigenvalue weighted by atomic mass is 35.5. The lowest BCUT2D eigenvalue weighted by Crippen LogP contribution is -2.53. The van der Waals surface area contributed by atoms with Crippen LogP contribution in [0.15, 0.2) is 18.2 Å². The molecule has 0 bridgehead atoms. The van der Waals surface area contributed by atoms with Crippen molar-refractivity contribution in [1.82, 2.24) is 10.2 Å². The molecule has 1 heterocycles.